The van der Waals surface area contributed by atoms with Gasteiger partial charge in [-0.25, -0.2) is 4.99 Å². The average molecular weight is 204 g/mol. The van der Waals surface area contributed by atoms with E-state index in [2.05, 4.69) is 23.8 Å². The molecule has 80 valence electrons. The number of rotatable bonds is 3. The van der Waals surface area contributed by atoms with Gasteiger partial charge in [0.25, 0.3) is 0 Å². The number of hydrogen-bond donors (Lipinski definition) is 0. The molecular weight excluding hydrogens is 188 g/mol. The van der Waals surface area contributed by atoms with E-state index in [4.69, 9.17) is 4.74 Å². The highest BCUT2D eigenvalue weighted by Gasteiger charge is 2.24. The van der Waals surface area contributed by atoms with Crippen LogP contribution >= 0.6 is 0 Å². The minimum absolute atomic E-state index is 0.298. The summed E-state index contributed by atoms with van der Waals surface area (Å²) in [6.45, 7) is 5.08. The normalized spacial score (nSPS) is 22.0. The average Bonchev–Trinajstić information content (AvgIpc) is 2.78. The molecular formula is C12H16N2O. The maximum atomic E-state index is 5.56. The molecule has 1 aliphatic rings. The molecule has 0 aromatic carbocycles. The van der Waals surface area contributed by atoms with Gasteiger partial charge in [-0.05, 0) is 18.1 Å². The molecule has 2 rings (SSSR count). The molecule has 1 aromatic rings. The SMILES string of the molecule is CCC(C)[C@H]1COC(c2ccccn2)=N1. The Labute approximate surface area is 90.2 Å². The van der Waals surface area contributed by atoms with Gasteiger partial charge in [0.15, 0.2) is 0 Å². The molecule has 0 amide bonds. The second kappa shape index (κ2) is 4.43. The van der Waals surface area contributed by atoms with Crippen LogP contribution < -0.4 is 0 Å². The molecule has 0 saturated carbocycles. The number of pyridine rings is 1. The molecule has 1 aromatic heterocycles. The summed E-state index contributed by atoms with van der Waals surface area (Å²) < 4.78 is 5.56. The lowest BCUT2D eigenvalue weighted by atomic mass is 10.0. The summed E-state index contributed by atoms with van der Waals surface area (Å²) in [5.74, 6) is 1.27. The van der Waals surface area contributed by atoms with Gasteiger partial charge in [0, 0.05) is 6.20 Å². The lowest BCUT2D eigenvalue weighted by molar-refractivity contribution is 0.282. The van der Waals surface area contributed by atoms with E-state index in [0.717, 1.165) is 12.1 Å². The van der Waals surface area contributed by atoms with Crippen LogP contribution in [0, 0.1) is 5.92 Å². The van der Waals surface area contributed by atoms with E-state index in [1.165, 1.54) is 0 Å². The van der Waals surface area contributed by atoms with Crippen LogP contribution in [0.15, 0.2) is 29.4 Å². The highest BCUT2D eigenvalue weighted by Crippen LogP contribution is 2.18. The van der Waals surface area contributed by atoms with Crippen LogP contribution in [0.4, 0.5) is 0 Å². The second-order valence-corrected chi connectivity index (χ2v) is 3.91. The molecule has 3 nitrogen and oxygen atoms in total. The minimum atomic E-state index is 0.298. The second-order valence-electron chi connectivity index (χ2n) is 3.91. The first-order chi connectivity index (χ1) is 7.31. The molecule has 0 aliphatic carbocycles. The molecule has 2 atom stereocenters. The van der Waals surface area contributed by atoms with Crippen LogP contribution in [0.25, 0.3) is 0 Å². The maximum absolute atomic E-state index is 5.56. The van der Waals surface area contributed by atoms with Gasteiger partial charge in [0.2, 0.25) is 5.90 Å². The van der Waals surface area contributed by atoms with Crippen LogP contribution in [0.5, 0.6) is 0 Å². The summed E-state index contributed by atoms with van der Waals surface area (Å²) in [6.07, 6.45) is 2.89. The Hall–Kier alpha value is -1.38. The fraction of sp³-hybridized carbons (Fsp3) is 0.500. The smallest absolute Gasteiger partial charge is 0.235 e. The van der Waals surface area contributed by atoms with Crippen molar-refractivity contribution in [1.29, 1.82) is 0 Å². The fourth-order valence-electron chi connectivity index (χ4n) is 1.58. The Bertz CT molecular complexity index is 348. The lowest BCUT2D eigenvalue weighted by Crippen LogP contribution is -2.16. The third-order valence-corrected chi connectivity index (χ3v) is 2.86. The number of aromatic nitrogens is 1. The molecule has 2 heterocycles. The van der Waals surface area contributed by atoms with Crippen LogP contribution in [-0.2, 0) is 4.74 Å². The van der Waals surface area contributed by atoms with Crippen LogP contribution in [0.1, 0.15) is 26.0 Å². The maximum Gasteiger partial charge on any atom is 0.235 e. The first kappa shape index (κ1) is 10.1. The van der Waals surface area contributed by atoms with Gasteiger partial charge >= 0.3 is 0 Å². The largest absolute Gasteiger partial charge is 0.474 e. The van der Waals surface area contributed by atoms with Crippen molar-refractivity contribution in [3.8, 4) is 0 Å². The highest BCUT2D eigenvalue weighted by atomic mass is 16.5. The number of aliphatic imine (C=N–C) groups is 1. The van der Waals surface area contributed by atoms with E-state index in [0.29, 0.717) is 24.5 Å². The van der Waals surface area contributed by atoms with Crippen molar-refractivity contribution in [2.75, 3.05) is 6.61 Å². The first-order valence-electron chi connectivity index (χ1n) is 5.43. The van der Waals surface area contributed by atoms with E-state index >= 15 is 0 Å². The molecule has 0 N–H and O–H groups in total. The van der Waals surface area contributed by atoms with Gasteiger partial charge in [-0.2, -0.15) is 0 Å². The predicted molar refractivity (Wildman–Crippen MR) is 60.0 cm³/mol. The summed E-state index contributed by atoms with van der Waals surface area (Å²) in [4.78, 5) is 8.79. The topological polar surface area (TPSA) is 34.5 Å². The summed E-state index contributed by atoms with van der Waals surface area (Å²) in [7, 11) is 0. The molecule has 3 heteroatoms. The van der Waals surface area contributed by atoms with E-state index in [-0.39, 0.29) is 0 Å². The van der Waals surface area contributed by atoms with Gasteiger partial charge in [-0.15, -0.1) is 0 Å². The molecule has 1 unspecified atom stereocenters. The van der Waals surface area contributed by atoms with E-state index < -0.39 is 0 Å². The van der Waals surface area contributed by atoms with Crippen LogP contribution in [0.3, 0.4) is 0 Å². The van der Waals surface area contributed by atoms with Crippen LogP contribution in [-0.4, -0.2) is 23.5 Å². The molecule has 0 fully saturated rings. The minimum Gasteiger partial charge on any atom is -0.474 e. The number of nitrogens with zero attached hydrogens (tertiary/aromatic N) is 2. The Morgan fingerprint density at radius 3 is 3.07 bits per heavy atom. The summed E-state index contributed by atoms with van der Waals surface area (Å²) >= 11 is 0. The third-order valence-electron chi connectivity index (χ3n) is 2.86. The van der Waals surface area contributed by atoms with Gasteiger partial charge in [-0.3, -0.25) is 4.98 Å². The van der Waals surface area contributed by atoms with Crippen molar-refractivity contribution in [3.63, 3.8) is 0 Å². The van der Waals surface area contributed by atoms with E-state index in [1.807, 2.05) is 18.2 Å². The van der Waals surface area contributed by atoms with Gasteiger partial charge in [0.05, 0.1) is 6.04 Å². The summed E-state index contributed by atoms with van der Waals surface area (Å²) in [6, 6.07) is 6.07. The molecule has 15 heavy (non-hydrogen) atoms. The van der Waals surface area contributed by atoms with Crippen molar-refractivity contribution in [3.05, 3.63) is 30.1 Å². The highest BCUT2D eigenvalue weighted by molar-refractivity contribution is 5.93. The van der Waals surface area contributed by atoms with Gasteiger partial charge in [0.1, 0.15) is 12.3 Å². The van der Waals surface area contributed by atoms with Crippen molar-refractivity contribution < 1.29 is 4.74 Å². The zero-order valence-corrected chi connectivity index (χ0v) is 9.18. The van der Waals surface area contributed by atoms with Gasteiger partial charge in [-0.1, -0.05) is 26.3 Å². The molecule has 1 aliphatic heterocycles. The number of ether oxygens (including phenoxy) is 1. The monoisotopic (exact) mass is 204 g/mol. The molecule has 0 bridgehead atoms. The Kier molecular flexibility index (Phi) is 2.99. The van der Waals surface area contributed by atoms with Crippen molar-refractivity contribution in [2.24, 2.45) is 10.9 Å². The quantitative estimate of drug-likeness (QED) is 0.757. The zero-order valence-electron chi connectivity index (χ0n) is 9.18. The Morgan fingerprint density at radius 2 is 2.40 bits per heavy atom. The zero-order chi connectivity index (χ0) is 10.7. The molecule has 0 saturated heterocycles. The standard InChI is InChI=1S/C12H16N2O/c1-3-9(2)11-8-15-12(14-11)10-6-4-5-7-13-10/h4-7,9,11H,3,8H2,1-2H3/t9?,11-/m1/s1. The summed E-state index contributed by atoms with van der Waals surface area (Å²) in [5, 5.41) is 0. The fourth-order valence-corrected chi connectivity index (χ4v) is 1.58. The molecule has 0 spiro atoms. The van der Waals surface area contributed by atoms with E-state index in [1.54, 1.807) is 6.20 Å². The van der Waals surface area contributed by atoms with Crippen molar-refractivity contribution in [1.82, 2.24) is 4.98 Å². The lowest BCUT2D eigenvalue weighted by Gasteiger charge is -2.11. The van der Waals surface area contributed by atoms with Crippen molar-refractivity contribution in [2.45, 2.75) is 26.3 Å². The Morgan fingerprint density at radius 1 is 1.53 bits per heavy atom. The number of hydrogen-bond acceptors (Lipinski definition) is 3. The van der Waals surface area contributed by atoms with Crippen LogP contribution in [0.2, 0.25) is 0 Å². The third kappa shape index (κ3) is 2.17. The predicted octanol–water partition coefficient (Wildman–Crippen LogP) is 2.27. The molecule has 0 radical (unpaired) electrons. The van der Waals surface area contributed by atoms with Crippen molar-refractivity contribution >= 4 is 5.90 Å². The first-order valence-corrected chi connectivity index (χ1v) is 5.43. The summed E-state index contributed by atoms with van der Waals surface area (Å²) in [5.41, 5.74) is 0.836. The van der Waals surface area contributed by atoms with E-state index in [9.17, 15) is 0 Å². The Balaban J connectivity index is 2.13. The van der Waals surface area contributed by atoms with Gasteiger partial charge < -0.3 is 4.74 Å².